The smallest absolute Gasteiger partial charge is 0.372 e. The molecule has 16 heavy (non-hydrogen) atoms. The quantitative estimate of drug-likeness (QED) is 0.912. The van der Waals surface area contributed by atoms with Gasteiger partial charge in [-0.25, -0.2) is 4.79 Å². The zero-order valence-electron chi connectivity index (χ0n) is 9.00. The predicted molar refractivity (Wildman–Crippen MR) is 65.0 cm³/mol. The summed E-state index contributed by atoms with van der Waals surface area (Å²) in [5, 5.41) is 9.93. The van der Waals surface area contributed by atoms with E-state index in [9.17, 15) is 4.79 Å². The number of aromatic carboxylic acids is 1. The number of furan rings is 1. The van der Waals surface area contributed by atoms with E-state index >= 15 is 0 Å². The highest BCUT2D eigenvalue weighted by molar-refractivity contribution is 9.10. The van der Waals surface area contributed by atoms with Crippen molar-refractivity contribution in [1.82, 2.24) is 0 Å². The molecule has 1 aromatic carbocycles. The van der Waals surface area contributed by atoms with Gasteiger partial charge in [-0.05, 0) is 47.0 Å². The van der Waals surface area contributed by atoms with E-state index in [0.29, 0.717) is 12.0 Å². The minimum atomic E-state index is -1.02. The number of carbonyl (C=O) groups is 1. The molecule has 0 spiro atoms. The normalized spacial score (nSPS) is 10.9. The summed E-state index contributed by atoms with van der Waals surface area (Å²) < 4.78 is 6.19. The molecule has 4 heteroatoms. The van der Waals surface area contributed by atoms with Crippen LogP contribution in [-0.4, -0.2) is 11.1 Å². The van der Waals surface area contributed by atoms with Crippen molar-refractivity contribution in [3.63, 3.8) is 0 Å². The van der Waals surface area contributed by atoms with E-state index in [0.717, 1.165) is 21.0 Å². The third kappa shape index (κ3) is 1.63. The van der Waals surface area contributed by atoms with Gasteiger partial charge in [0.1, 0.15) is 5.58 Å². The Hall–Kier alpha value is -1.29. The van der Waals surface area contributed by atoms with Crippen molar-refractivity contribution >= 4 is 32.9 Å². The molecule has 0 saturated heterocycles. The molecule has 2 aromatic rings. The summed E-state index contributed by atoms with van der Waals surface area (Å²) >= 11 is 3.39. The third-order valence-electron chi connectivity index (χ3n) is 2.54. The topological polar surface area (TPSA) is 50.4 Å². The Morgan fingerprint density at radius 2 is 2.19 bits per heavy atom. The van der Waals surface area contributed by atoms with Crippen LogP contribution in [-0.2, 0) is 6.42 Å². The molecule has 0 amide bonds. The monoisotopic (exact) mass is 282 g/mol. The van der Waals surface area contributed by atoms with E-state index in [4.69, 9.17) is 9.52 Å². The first-order valence-electron chi connectivity index (χ1n) is 4.99. The molecular formula is C12H11BrO3. The highest BCUT2D eigenvalue weighted by atomic mass is 79.9. The summed E-state index contributed by atoms with van der Waals surface area (Å²) in [6, 6.07) is 3.87. The lowest BCUT2D eigenvalue weighted by molar-refractivity contribution is 0.0663. The van der Waals surface area contributed by atoms with E-state index in [2.05, 4.69) is 15.9 Å². The lowest BCUT2D eigenvalue weighted by atomic mass is 10.1. The van der Waals surface area contributed by atoms with Crippen LogP contribution in [0.15, 0.2) is 21.0 Å². The van der Waals surface area contributed by atoms with Gasteiger partial charge in [0.15, 0.2) is 0 Å². The second-order valence-corrected chi connectivity index (χ2v) is 4.55. The molecule has 0 fully saturated rings. The van der Waals surface area contributed by atoms with Crippen LogP contribution in [0.2, 0.25) is 0 Å². The SMILES string of the molecule is CCc1c(C(=O)O)oc2c(Br)cc(C)cc12. The van der Waals surface area contributed by atoms with Gasteiger partial charge in [-0.1, -0.05) is 6.92 Å². The molecule has 1 heterocycles. The molecule has 0 atom stereocenters. The van der Waals surface area contributed by atoms with E-state index in [1.807, 2.05) is 26.0 Å². The van der Waals surface area contributed by atoms with Gasteiger partial charge in [0, 0.05) is 10.9 Å². The van der Waals surface area contributed by atoms with Crippen LogP contribution in [0.5, 0.6) is 0 Å². The van der Waals surface area contributed by atoms with Gasteiger partial charge in [-0.2, -0.15) is 0 Å². The Labute approximate surface area is 101 Å². The van der Waals surface area contributed by atoms with Crippen LogP contribution >= 0.6 is 15.9 Å². The maximum Gasteiger partial charge on any atom is 0.372 e. The van der Waals surface area contributed by atoms with Crippen molar-refractivity contribution in [2.24, 2.45) is 0 Å². The van der Waals surface area contributed by atoms with E-state index < -0.39 is 5.97 Å². The van der Waals surface area contributed by atoms with Crippen molar-refractivity contribution < 1.29 is 14.3 Å². The number of carboxylic acid groups (broad SMARTS) is 1. The molecule has 0 bridgehead atoms. The molecule has 0 aliphatic heterocycles. The molecule has 0 aliphatic carbocycles. The van der Waals surface area contributed by atoms with Crippen molar-refractivity contribution in [1.29, 1.82) is 0 Å². The first-order valence-corrected chi connectivity index (χ1v) is 5.78. The number of hydrogen-bond acceptors (Lipinski definition) is 2. The number of halogens is 1. The Morgan fingerprint density at radius 1 is 1.50 bits per heavy atom. The lowest BCUT2D eigenvalue weighted by Gasteiger charge is -1.97. The highest BCUT2D eigenvalue weighted by Crippen LogP contribution is 2.33. The van der Waals surface area contributed by atoms with Crippen LogP contribution < -0.4 is 0 Å². The molecule has 2 rings (SSSR count). The first kappa shape index (κ1) is 11.2. The predicted octanol–water partition coefficient (Wildman–Crippen LogP) is 3.76. The van der Waals surface area contributed by atoms with Gasteiger partial charge in [0.05, 0.1) is 4.47 Å². The van der Waals surface area contributed by atoms with Crippen LogP contribution in [0.4, 0.5) is 0 Å². The largest absolute Gasteiger partial charge is 0.475 e. The fourth-order valence-corrected chi connectivity index (χ4v) is 2.52. The number of hydrogen-bond donors (Lipinski definition) is 1. The standard InChI is InChI=1S/C12H11BrO3/c1-3-7-8-4-6(2)5-9(13)10(8)16-11(7)12(14)15/h4-5H,3H2,1-2H3,(H,14,15). The second-order valence-electron chi connectivity index (χ2n) is 3.69. The number of rotatable bonds is 2. The van der Waals surface area contributed by atoms with Gasteiger partial charge < -0.3 is 9.52 Å². The van der Waals surface area contributed by atoms with Gasteiger partial charge in [0.25, 0.3) is 0 Å². The summed E-state index contributed by atoms with van der Waals surface area (Å²) in [7, 11) is 0. The van der Waals surface area contributed by atoms with Gasteiger partial charge in [-0.15, -0.1) is 0 Å². The molecule has 84 valence electrons. The van der Waals surface area contributed by atoms with Crippen molar-refractivity contribution in [2.75, 3.05) is 0 Å². The van der Waals surface area contributed by atoms with E-state index in [1.165, 1.54) is 0 Å². The molecule has 0 saturated carbocycles. The number of benzene rings is 1. The maximum atomic E-state index is 11.0. The van der Waals surface area contributed by atoms with Crippen LogP contribution in [0.3, 0.4) is 0 Å². The Bertz CT molecular complexity index is 569. The molecule has 0 radical (unpaired) electrons. The summed E-state index contributed by atoms with van der Waals surface area (Å²) in [5.74, 6) is -0.971. The summed E-state index contributed by atoms with van der Waals surface area (Å²) in [4.78, 5) is 11.0. The number of fused-ring (bicyclic) bond motifs is 1. The minimum Gasteiger partial charge on any atom is -0.475 e. The Balaban J connectivity index is 2.87. The molecule has 0 unspecified atom stereocenters. The summed E-state index contributed by atoms with van der Waals surface area (Å²) in [6.07, 6.45) is 0.643. The molecular weight excluding hydrogens is 272 g/mol. The van der Waals surface area contributed by atoms with Crippen molar-refractivity contribution in [2.45, 2.75) is 20.3 Å². The summed E-state index contributed by atoms with van der Waals surface area (Å²) in [6.45, 7) is 3.89. The Kier molecular flexibility index (Phi) is 2.76. The second kappa shape index (κ2) is 3.94. The molecule has 1 aromatic heterocycles. The average molecular weight is 283 g/mol. The highest BCUT2D eigenvalue weighted by Gasteiger charge is 2.20. The van der Waals surface area contributed by atoms with Crippen molar-refractivity contribution in [3.8, 4) is 0 Å². The van der Waals surface area contributed by atoms with Gasteiger partial charge in [-0.3, -0.25) is 0 Å². The lowest BCUT2D eigenvalue weighted by Crippen LogP contribution is -1.97. The van der Waals surface area contributed by atoms with E-state index in [1.54, 1.807) is 0 Å². The zero-order chi connectivity index (χ0) is 11.9. The van der Waals surface area contributed by atoms with Crippen molar-refractivity contribution in [3.05, 3.63) is 33.5 Å². The van der Waals surface area contributed by atoms with E-state index in [-0.39, 0.29) is 5.76 Å². The molecule has 1 N–H and O–H groups in total. The molecule has 0 aliphatic rings. The van der Waals surface area contributed by atoms with Crippen LogP contribution in [0, 0.1) is 6.92 Å². The fraction of sp³-hybridized carbons (Fsp3) is 0.250. The van der Waals surface area contributed by atoms with Gasteiger partial charge >= 0.3 is 5.97 Å². The fourth-order valence-electron chi connectivity index (χ4n) is 1.87. The first-order chi connectivity index (χ1) is 7.54. The minimum absolute atomic E-state index is 0.0452. The Morgan fingerprint density at radius 3 is 2.75 bits per heavy atom. The molecule has 3 nitrogen and oxygen atoms in total. The maximum absolute atomic E-state index is 11.0. The zero-order valence-corrected chi connectivity index (χ0v) is 10.6. The number of carboxylic acids is 1. The van der Waals surface area contributed by atoms with Crippen LogP contribution in [0.25, 0.3) is 11.0 Å². The van der Waals surface area contributed by atoms with Gasteiger partial charge in [0.2, 0.25) is 5.76 Å². The third-order valence-corrected chi connectivity index (χ3v) is 3.13. The average Bonchev–Trinajstić information content (AvgIpc) is 2.56. The number of aryl methyl sites for hydroxylation is 2. The summed E-state index contributed by atoms with van der Waals surface area (Å²) in [5.41, 5.74) is 2.44. The van der Waals surface area contributed by atoms with Crippen LogP contribution in [0.1, 0.15) is 28.6 Å².